The number of morpholine rings is 1. The number of ether oxygens (including phenoxy) is 2. The Bertz CT molecular complexity index is 1700. The molecule has 0 saturated carbocycles. The molecule has 0 N–H and O–H groups in total. The van der Waals surface area contributed by atoms with Gasteiger partial charge in [0.05, 0.1) is 65.7 Å². The topological polar surface area (TPSA) is 100 Å². The fourth-order valence-electron chi connectivity index (χ4n) is 6.05. The molecule has 2 fully saturated rings. The molecule has 7 rings (SSSR count). The number of fused-ring (bicyclic) bond motifs is 1. The van der Waals surface area contributed by atoms with Crippen LogP contribution in [0.1, 0.15) is 49.5 Å². The third-order valence-electron chi connectivity index (χ3n) is 8.18. The van der Waals surface area contributed by atoms with Crippen molar-refractivity contribution in [2.75, 3.05) is 31.3 Å². The summed E-state index contributed by atoms with van der Waals surface area (Å²) in [5.41, 5.74) is 8.43. The van der Waals surface area contributed by atoms with Gasteiger partial charge in [0.1, 0.15) is 5.82 Å². The third kappa shape index (κ3) is 4.49. The largest absolute Gasteiger partial charge is 0.377 e. The zero-order chi connectivity index (χ0) is 28.1. The number of pyridine rings is 1. The van der Waals surface area contributed by atoms with Gasteiger partial charge in [-0.1, -0.05) is 0 Å². The molecule has 5 aromatic heterocycles. The molecule has 41 heavy (non-hydrogen) atoms. The van der Waals surface area contributed by atoms with Crippen molar-refractivity contribution in [1.29, 1.82) is 0 Å². The second-order valence-electron chi connectivity index (χ2n) is 11.0. The third-order valence-corrected chi connectivity index (χ3v) is 8.18. The van der Waals surface area contributed by atoms with Crippen LogP contribution in [-0.2, 0) is 9.47 Å². The first kappa shape index (κ1) is 25.8. The number of aromatic nitrogens is 8. The van der Waals surface area contributed by atoms with Gasteiger partial charge in [0.2, 0.25) is 0 Å². The van der Waals surface area contributed by atoms with E-state index in [2.05, 4.69) is 41.0 Å². The van der Waals surface area contributed by atoms with Crippen LogP contribution in [0.15, 0.2) is 42.9 Å². The minimum absolute atomic E-state index is 0.0866. The Morgan fingerprint density at radius 1 is 0.976 bits per heavy atom. The van der Waals surface area contributed by atoms with E-state index in [0.717, 1.165) is 89.2 Å². The van der Waals surface area contributed by atoms with E-state index in [0.29, 0.717) is 13.2 Å². The van der Waals surface area contributed by atoms with Gasteiger partial charge in [0.25, 0.3) is 0 Å². The van der Waals surface area contributed by atoms with Crippen molar-refractivity contribution in [1.82, 2.24) is 39.1 Å². The number of nitrogens with zero attached hydrogens (tertiary/aromatic N) is 9. The van der Waals surface area contributed by atoms with Crippen LogP contribution >= 0.6 is 0 Å². The van der Waals surface area contributed by atoms with E-state index in [1.54, 1.807) is 0 Å². The summed E-state index contributed by atoms with van der Waals surface area (Å²) < 4.78 is 17.7. The molecular formula is C30H35N9O2. The molecule has 5 aromatic rings. The van der Waals surface area contributed by atoms with E-state index >= 15 is 0 Å². The first-order valence-electron chi connectivity index (χ1n) is 14.4. The molecule has 0 aliphatic carbocycles. The molecule has 1 unspecified atom stereocenters. The van der Waals surface area contributed by atoms with Gasteiger partial charge in [-0.2, -0.15) is 15.3 Å². The summed E-state index contributed by atoms with van der Waals surface area (Å²) in [4.78, 5) is 12.0. The Balaban J connectivity index is 1.42. The lowest BCUT2D eigenvalue weighted by Gasteiger charge is -2.34. The molecule has 0 radical (unpaired) electrons. The Kier molecular flexibility index (Phi) is 6.55. The van der Waals surface area contributed by atoms with Crippen LogP contribution in [0.2, 0.25) is 0 Å². The van der Waals surface area contributed by atoms with Gasteiger partial charge in [0.15, 0.2) is 11.9 Å². The molecule has 0 bridgehead atoms. The fraction of sp³-hybridized carbons (Fsp3) is 0.433. The average Bonchev–Trinajstić information content (AvgIpc) is 3.71. The summed E-state index contributed by atoms with van der Waals surface area (Å²) in [6, 6.07) is 8.42. The second-order valence-corrected chi connectivity index (χ2v) is 11.0. The average molecular weight is 554 g/mol. The van der Waals surface area contributed by atoms with Crippen LogP contribution in [0, 0.1) is 20.8 Å². The second kappa shape index (κ2) is 10.4. The van der Waals surface area contributed by atoms with Gasteiger partial charge < -0.3 is 14.4 Å². The van der Waals surface area contributed by atoms with Crippen molar-refractivity contribution in [2.24, 2.45) is 0 Å². The van der Waals surface area contributed by atoms with Gasteiger partial charge in [-0.15, -0.1) is 0 Å². The quantitative estimate of drug-likeness (QED) is 0.309. The van der Waals surface area contributed by atoms with Crippen molar-refractivity contribution in [2.45, 2.75) is 59.2 Å². The van der Waals surface area contributed by atoms with Gasteiger partial charge in [0, 0.05) is 36.7 Å². The standard InChI is InChI=1S/C30H35N9O2/c1-19-8-9-23(16-31-19)37-22(4)29(21(3)35-37)26-15-27(36-12-14-40-18-20(36)2)34-30-24(17-33-39(26)30)25-10-11-32-38(25)28-7-5-6-13-41-28/h8-11,15-17,20,28H,5-7,12-14,18H2,1-4H3/t20-,28?/m1/s1. The maximum atomic E-state index is 6.10. The van der Waals surface area contributed by atoms with Crippen molar-refractivity contribution < 1.29 is 9.47 Å². The summed E-state index contributed by atoms with van der Waals surface area (Å²) in [6.45, 7) is 11.2. The van der Waals surface area contributed by atoms with E-state index in [1.807, 2.05) is 58.4 Å². The summed E-state index contributed by atoms with van der Waals surface area (Å²) in [5.74, 6) is 0.897. The first-order valence-corrected chi connectivity index (χ1v) is 14.4. The molecule has 212 valence electrons. The summed E-state index contributed by atoms with van der Waals surface area (Å²) >= 11 is 0. The Hall–Kier alpha value is -4.09. The van der Waals surface area contributed by atoms with Gasteiger partial charge >= 0.3 is 0 Å². The monoisotopic (exact) mass is 553 g/mol. The lowest BCUT2D eigenvalue weighted by atomic mass is 10.1. The highest BCUT2D eigenvalue weighted by Gasteiger charge is 2.27. The van der Waals surface area contributed by atoms with Crippen molar-refractivity contribution in [3.8, 4) is 28.2 Å². The van der Waals surface area contributed by atoms with E-state index < -0.39 is 0 Å². The van der Waals surface area contributed by atoms with Crippen LogP contribution < -0.4 is 4.90 Å². The summed E-state index contributed by atoms with van der Waals surface area (Å²) in [7, 11) is 0. The highest BCUT2D eigenvalue weighted by atomic mass is 16.5. The minimum Gasteiger partial charge on any atom is -0.377 e. The molecule has 11 nitrogen and oxygen atoms in total. The van der Waals surface area contributed by atoms with Gasteiger partial charge in [-0.05, 0) is 65.2 Å². The van der Waals surface area contributed by atoms with Crippen molar-refractivity contribution in [3.05, 3.63) is 59.9 Å². The Labute approximate surface area is 238 Å². The normalized spacial score (nSPS) is 19.8. The van der Waals surface area contributed by atoms with E-state index in [9.17, 15) is 0 Å². The highest BCUT2D eigenvalue weighted by Crippen LogP contribution is 2.36. The number of anilines is 1. The molecule has 0 aromatic carbocycles. The zero-order valence-corrected chi connectivity index (χ0v) is 24.0. The van der Waals surface area contributed by atoms with Crippen LogP contribution in [0.5, 0.6) is 0 Å². The predicted octanol–water partition coefficient (Wildman–Crippen LogP) is 4.69. The van der Waals surface area contributed by atoms with Crippen molar-refractivity contribution >= 4 is 11.5 Å². The first-order chi connectivity index (χ1) is 20.0. The molecule has 2 atom stereocenters. The maximum Gasteiger partial charge on any atom is 0.167 e. The molecule has 11 heteroatoms. The number of rotatable bonds is 5. The number of hydrogen-bond acceptors (Lipinski definition) is 8. The van der Waals surface area contributed by atoms with Gasteiger partial charge in [-0.25, -0.2) is 18.9 Å². The fourth-order valence-corrected chi connectivity index (χ4v) is 6.05. The Morgan fingerprint density at radius 3 is 2.66 bits per heavy atom. The number of hydrogen-bond donors (Lipinski definition) is 0. The van der Waals surface area contributed by atoms with Gasteiger partial charge in [-0.3, -0.25) is 4.98 Å². The smallest absolute Gasteiger partial charge is 0.167 e. The molecule has 2 aliphatic heterocycles. The van der Waals surface area contributed by atoms with Crippen LogP contribution in [0.25, 0.3) is 33.8 Å². The molecule has 7 heterocycles. The van der Waals surface area contributed by atoms with E-state index in [1.165, 1.54) is 0 Å². The molecule has 0 amide bonds. The van der Waals surface area contributed by atoms with Crippen molar-refractivity contribution in [3.63, 3.8) is 0 Å². The van der Waals surface area contributed by atoms with E-state index in [4.69, 9.17) is 24.7 Å². The molecule has 0 spiro atoms. The molecular weight excluding hydrogens is 518 g/mol. The molecule has 2 aliphatic rings. The SMILES string of the molecule is Cc1ccc(-n2nc(C)c(-c3cc(N4CCOC[C@H]4C)nc4c(-c5ccnn5C5CCCCO5)cnn34)c2C)cn1. The van der Waals surface area contributed by atoms with E-state index in [-0.39, 0.29) is 12.3 Å². The van der Waals surface area contributed by atoms with Crippen LogP contribution in [-0.4, -0.2) is 71.6 Å². The minimum atomic E-state index is -0.0866. The maximum absolute atomic E-state index is 6.10. The summed E-state index contributed by atoms with van der Waals surface area (Å²) in [6.07, 6.45) is 8.65. The lowest BCUT2D eigenvalue weighted by Crippen LogP contribution is -2.44. The van der Waals surface area contributed by atoms with Crippen LogP contribution in [0.4, 0.5) is 5.82 Å². The predicted molar refractivity (Wildman–Crippen MR) is 155 cm³/mol. The zero-order valence-electron chi connectivity index (χ0n) is 24.0. The lowest BCUT2D eigenvalue weighted by molar-refractivity contribution is -0.0383. The molecule has 2 saturated heterocycles. The number of aryl methyl sites for hydroxylation is 2. The summed E-state index contributed by atoms with van der Waals surface area (Å²) in [5, 5.41) is 14.5. The highest BCUT2D eigenvalue weighted by molar-refractivity contribution is 5.80. The van der Waals surface area contributed by atoms with Crippen LogP contribution in [0.3, 0.4) is 0 Å². The Morgan fingerprint density at radius 2 is 1.88 bits per heavy atom.